The molecule has 6 nitrogen and oxygen atoms in total. The number of hydrogen-bond acceptors (Lipinski definition) is 6. The van der Waals surface area contributed by atoms with Gasteiger partial charge in [0.25, 0.3) is 0 Å². The van der Waals surface area contributed by atoms with Crippen LogP contribution in [0.1, 0.15) is 0 Å². The first-order valence-electron chi connectivity index (χ1n) is 2.40. The average Bonchev–Trinajstić information content (AvgIpc) is 2.26. The third kappa shape index (κ3) is 7.77. The van der Waals surface area contributed by atoms with E-state index >= 15 is 0 Å². The van der Waals surface area contributed by atoms with Crippen molar-refractivity contribution in [1.29, 1.82) is 31.6 Å². The van der Waals surface area contributed by atoms with Crippen LogP contribution >= 0.6 is 0 Å². The Morgan fingerprint density at radius 1 is 0.421 bits per heavy atom. The van der Waals surface area contributed by atoms with Gasteiger partial charge in [0.15, 0.2) is 0 Å². The van der Waals surface area contributed by atoms with Crippen molar-refractivity contribution in [2.24, 2.45) is 0 Å². The predicted molar refractivity (Wildman–Crippen MR) is 33.7 cm³/mol. The summed E-state index contributed by atoms with van der Waals surface area (Å²) in [6.07, 6.45) is 0. The maximum Gasteiger partial charge on any atom is 1.00 e. The van der Waals surface area contributed by atoms with Gasteiger partial charge in [-0.1, -0.05) is 0 Å². The van der Waals surface area contributed by atoms with Crippen molar-refractivity contribution < 1.29 is 223 Å². The number of rotatable bonds is 0. The normalized spacial score (nSPS) is 9.16. The van der Waals surface area contributed by atoms with E-state index in [-0.39, 0.29) is 213 Å². The minimum atomic E-state index is -6.17. The number of nitriles is 6. The van der Waals surface area contributed by atoms with Crippen LogP contribution < -0.4 is 154 Å². The standard InChI is InChI=1S/6CN.Fe.3K.3Zn/c6*1-2;;;;;;;/q;;;;;;-3;3*+1;;;. The Hall–Kier alpha value is 4.24. The molecule has 0 aromatic rings. The van der Waals surface area contributed by atoms with Gasteiger partial charge < -0.3 is 0 Å². The first kappa shape index (κ1) is 43.6. The second kappa shape index (κ2) is 15.7. The first-order chi connectivity index (χ1) is 5.97. The summed E-state index contributed by atoms with van der Waals surface area (Å²) in [7, 11) is -6.17. The molecule has 0 radical (unpaired) electrons. The van der Waals surface area contributed by atoms with E-state index in [1.54, 1.807) is 0 Å². The van der Waals surface area contributed by atoms with E-state index in [1.807, 2.05) is 0 Å². The summed E-state index contributed by atoms with van der Waals surface area (Å²) in [5.41, 5.74) is 0. The smallest absolute Gasteiger partial charge is 0 e. The Labute approximate surface area is 276 Å². The van der Waals surface area contributed by atoms with Crippen LogP contribution in [-0.2, 0) is 69.2 Å². The molecule has 0 heterocycles. The predicted octanol–water partition coefficient (Wildman–Crippen LogP) is -8.90. The van der Waals surface area contributed by atoms with Gasteiger partial charge in [0.05, 0.1) is 0 Å². The maximum atomic E-state index is 8.58. The fraction of sp³-hybridized carbons (Fsp3) is 0. The molecule has 0 N–H and O–H groups in total. The molecule has 0 aromatic heterocycles. The van der Waals surface area contributed by atoms with E-state index in [4.69, 9.17) is 31.6 Å². The molecule has 0 aliphatic rings. The molecule has 19 heavy (non-hydrogen) atoms. The molecule has 13 heteroatoms. The van der Waals surface area contributed by atoms with Gasteiger partial charge in [-0.3, -0.25) is 0 Å². The second-order valence-corrected chi connectivity index (χ2v) is 7.42. The van der Waals surface area contributed by atoms with Crippen LogP contribution in [0, 0.1) is 61.4 Å². The zero-order valence-electron chi connectivity index (χ0n) is 11.2. The molecule has 0 amide bonds. The van der Waals surface area contributed by atoms with Crippen LogP contribution in [0.2, 0.25) is 0 Å². The zero-order chi connectivity index (χ0) is 10.7. The summed E-state index contributed by atoms with van der Waals surface area (Å²) in [5.74, 6) is 0. The molecule has 0 atom stereocenters. The minimum Gasteiger partial charge on any atom is 0 e. The molecule has 0 spiro atoms. The van der Waals surface area contributed by atoms with E-state index in [9.17, 15) is 0 Å². The topological polar surface area (TPSA) is 143 Å². The van der Waals surface area contributed by atoms with E-state index in [0.29, 0.717) is 0 Å². The van der Waals surface area contributed by atoms with Crippen molar-refractivity contribution in [3.05, 3.63) is 0 Å². The molecule has 0 unspecified atom stereocenters. The molecular weight excluding hydrogens is 525 g/mol. The molecule has 0 saturated carbocycles. The monoisotopic (exact) mass is 521 g/mol. The number of nitrogens with zero attached hydrogens (tertiary/aromatic N) is 6. The zero-order valence-corrected chi connectivity index (χ0v) is 30.5. The second-order valence-electron chi connectivity index (χ2n) is 1.80. The van der Waals surface area contributed by atoms with Gasteiger partial charge in [0.2, 0.25) is 0 Å². The van der Waals surface area contributed by atoms with Crippen molar-refractivity contribution in [3.63, 3.8) is 0 Å². The van der Waals surface area contributed by atoms with Crippen LogP contribution in [0.5, 0.6) is 0 Å². The van der Waals surface area contributed by atoms with Gasteiger partial charge in [-0.2, -0.15) is 0 Å². The molecule has 0 aromatic carbocycles. The van der Waals surface area contributed by atoms with Crippen LogP contribution in [0.15, 0.2) is 0 Å². The van der Waals surface area contributed by atoms with Gasteiger partial charge in [-0.05, 0) is 0 Å². The summed E-state index contributed by atoms with van der Waals surface area (Å²) < 4.78 is 0. The fourth-order valence-corrected chi connectivity index (χ4v) is 1.09. The van der Waals surface area contributed by atoms with Crippen LogP contribution in [0.3, 0.4) is 0 Å². The van der Waals surface area contributed by atoms with Crippen molar-refractivity contribution in [2.45, 2.75) is 0 Å². The Bertz CT molecular complexity index is 410. The fourth-order valence-electron chi connectivity index (χ4n) is 0.265. The van der Waals surface area contributed by atoms with Crippen molar-refractivity contribution in [3.8, 4) is 29.8 Å². The van der Waals surface area contributed by atoms with Gasteiger partial charge in [-0.25, -0.2) is 0 Å². The largest absolute Gasteiger partial charge is 1.00 e. The summed E-state index contributed by atoms with van der Waals surface area (Å²) in [4.78, 5) is 6.19. The summed E-state index contributed by atoms with van der Waals surface area (Å²) in [5, 5.41) is 51.5. The average molecular weight is 525 g/mol. The molecule has 0 bridgehead atoms. The first-order valence-corrected chi connectivity index (χ1v) is 5.71. The molecule has 0 saturated heterocycles. The Balaban J connectivity index is -0.0000000480. The Kier molecular flexibility index (Phi) is 36.1. The van der Waals surface area contributed by atoms with E-state index in [2.05, 4.69) is 0 Å². The third-order valence-electron chi connectivity index (χ3n) is 1.19. The van der Waals surface area contributed by atoms with Crippen LogP contribution in [0.25, 0.3) is 0 Å². The summed E-state index contributed by atoms with van der Waals surface area (Å²) in [6.45, 7) is 0. The van der Waals surface area contributed by atoms with Gasteiger partial charge >= 0.3 is 226 Å². The van der Waals surface area contributed by atoms with Crippen LogP contribution in [-0.4, -0.2) is 0 Å². The Morgan fingerprint density at radius 3 is 0.526 bits per heavy atom. The number of hydrogen-bond donors (Lipinski definition) is 0. The van der Waals surface area contributed by atoms with E-state index < -0.39 is 10.7 Å². The molecule has 71 valence electrons. The summed E-state index contributed by atoms with van der Waals surface area (Å²) >= 11 is 0. The van der Waals surface area contributed by atoms with Gasteiger partial charge in [-0.15, -0.1) is 0 Å². The van der Waals surface area contributed by atoms with Gasteiger partial charge in [0, 0.05) is 58.4 Å². The van der Waals surface area contributed by atoms with Crippen LogP contribution in [0.4, 0.5) is 0 Å². The molecule has 0 aliphatic carbocycles. The third-order valence-corrected chi connectivity index (χ3v) is 4.89. The quantitative estimate of drug-likeness (QED) is 0.288. The van der Waals surface area contributed by atoms with E-state index in [0.717, 1.165) is 29.8 Å². The van der Waals surface area contributed by atoms with Crippen molar-refractivity contribution >= 4 is 0 Å². The van der Waals surface area contributed by atoms with Crippen molar-refractivity contribution in [1.82, 2.24) is 0 Å². The summed E-state index contributed by atoms with van der Waals surface area (Å²) in [6, 6.07) is 0. The SMILES string of the molecule is N#[C][Fe-3]([C]#N)([C]#N)([C]#N)([C]#N)[C]#N.[K+].[K+].[K+].[Zn].[Zn].[Zn]. The molecule has 0 aliphatic heterocycles. The minimum absolute atomic E-state index is 0. The Morgan fingerprint density at radius 2 is 0.526 bits per heavy atom. The molecule has 0 fully saturated rings. The molecular formula is C6FeK3N6Zn3. The maximum absolute atomic E-state index is 8.58. The van der Waals surface area contributed by atoms with Crippen molar-refractivity contribution in [2.75, 3.05) is 0 Å². The van der Waals surface area contributed by atoms with Gasteiger partial charge in [0.1, 0.15) is 0 Å². The van der Waals surface area contributed by atoms with E-state index in [1.165, 1.54) is 0 Å². The molecule has 0 rings (SSSR count).